The quantitative estimate of drug-likeness (QED) is 0.552. The lowest BCUT2D eigenvalue weighted by Crippen LogP contribution is -2.46. The third-order valence-electron chi connectivity index (χ3n) is 6.30. The van der Waals surface area contributed by atoms with Gasteiger partial charge in [0.15, 0.2) is 5.58 Å². The highest BCUT2D eigenvalue weighted by molar-refractivity contribution is 6.31. The summed E-state index contributed by atoms with van der Waals surface area (Å²) in [4.78, 5) is 23.3. The summed E-state index contributed by atoms with van der Waals surface area (Å²) in [7, 11) is 0. The fraction of sp³-hybridized carbons (Fsp3) is 0.348. The standard InChI is InChI=1S/C23H20ClF3N4O3/c1-11-19-13(6-14(8-16(19)24)23(25,26)27)2-4-31(11)21(32)18-7-12(3-5-33-18)15-9-29-10-17-20(15)34-22(28)30-17/h3,6,8-11,18H,2,4-5,7H2,1H3,(H2,28,30)/t11-,18+/m0/s1. The molecule has 0 saturated carbocycles. The summed E-state index contributed by atoms with van der Waals surface area (Å²) >= 11 is 6.25. The van der Waals surface area contributed by atoms with Crippen LogP contribution in [-0.4, -0.2) is 40.0 Å². The van der Waals surface area contributed by atoms with Gasteiger partial charge in [-0.3, -0.25) is 9.78 Å². The van der Waals surface area contributed by atoms with Gasteiger partial charge in [0, 0.05) is 29.7 Å². The van der Waals surface area contributed by atoms with Crippen molar-refractivity contribution in [3.8, 4) is 0 Å². The topological polar surface area (TPSA) is 94.5 Å². The van der Waals surface area contributed by atoms with Crippen LogP contribution >= 0.6 is 11.6 Å². The molecule has 0 fully saturated rings. The average Bonchev–Trinajstić information content (AvgIpc) is 3.18. The lowest BCUT2D eigenvalue weighted by molar-refractivity contribution is -0.146. The number of fused-ring (bicyclic) bond motifs is 2. The van der Waals surface area contributed by atoms with Crippen LogP contribution in [0.4, 0.5) is 19.2 Å². The highest BCUT2D eigenvalue weighted by Crippen LogP contribution is 2.41. The number of aromatic nitrogens is 2. The largest absolute Gasteiger partial charge is 0.423 e. The van der Waals surface area contributed by atoms with Crippen molar-refractivity contribution >= 4 is 40.2 Å². The maximum Gasteiger partial charge on any atom is 0.416 e. The molecule has 0 unspecified atom stereocenters. The average molecular weight is 493 g/mol. The Morgan fingerprint density at radius 2 is 2.09 bits per heavy atom. The number of carbonyl (C=O) groups excluding carboxylic acids is 1. The fourth-order valence-electron chi connectivity index (χ4n) is 4.67. The third-order valence-corrected chi connectivity index (χ3v) is 6.61. The number of rotatable bonds is 2. The number of nitrogens with two attached hydrogens (primary N) is 1. The normalized spacial score (nSPS) is 20.9. The maximum absolute atomic E-state index is 13.4. The number of ether oxygens (including phenoxy) is 1. The number of pyridine rings is 1. The van der Waals surface area contributed by atoms with Gasteiger partial charge in [0.05, 0.1) is 24.4 Å². The van der Waals surface area contributed by atoms with E-state index in [1.54, 1.807) is 24.2 Å². The molecule has 4 heterocycles. The first-order valence-corrected chi connectivity index (χ1v) is 11.0. The summed E-state index contributed by atoms with van der Waals surface area (Å²) < 4.78 is 50.8. The van der Waals surface area contributed by atoms with Crippen molar-refractivity contribution < 1.29 is 27.1 Å². The van der Waals surface area contributed by atoms with E-state index in [0.29, 0.717) is 27.8 Å². The molecule has 34 heavy (non-hydrogen) atoms. The lowest BCUT2D eigenvalue weighted by Gasteiger charge is -2.38. The Hall–Kier alpha value is -3.11. The molecule has 1 aromatic carbocycles. The van der Waals surface area contributed by atoms with E-state index in [4.69, 9.17) is 26.5 Å². The smallest absolute Gasteiger partial charge is 0.416 e. The Kier molecular flexibility index (Phi) is 5.52. The van der Waals surface area contributed by atoms with Gasteiger partial charge in [-0.25, -0.2) is 0 Å². The van der Waals surface area contributed by atoms with Crippen molar-refractivity contribution in [2.45, 2.75) is 38.1 Å². The molecule has 0 bridgehead atoms. The molecule has 0 spiro atoms. The van der Waals surface area contributed by atoms with Crippen LogP contribution in [0.1, 0.15) is 41.6 Å². The second kappa shape index (κ2) is 8.28. The number of hydrogen-bond acceptors (Lipinski definition) is 6. The van der Waals surface area contributed by atoms with Gasteiger partial charge >= 0.3 is 6.18 Å². The first kappa shape index (κ1) is 22.7. The predicted octanol–water partition coefficient (Wildman–Crippen LogP) is 4.80. The van der Waals surface area contributed by atoms with Gasteiger partial charge in [0.2, 0.25) is 0 Å². The minimum Gasteiger partial charge on any atom is -0.423 e. The van der Waals surface area contributed by atoms with Crippen LogP contribution in [0.3, 0.4) is 0 Å². The maximum atomic E-state index is 13.4. The Labute approximate surface area is 197 Å². The van der Waals surface area contributed by atoms with Crippen molar-refractivity contribution in [2.75, 3.05) is 18.9 Å². The molecule has 1 amide bonds. The summed E-state index contributed by atoms with van der Waals surface area (Å²) in [6, 6.07) is 1.56. The van der Waals surface area contributed by atoms with E-state index in [2.05, 4.69) is 9.97 Å². The number of oxazole rings is 1. The number of halogens is 4. The third kappa shape index (κ3) is 3.90. The number of nitrogen functional groups attached to an aromatic ring is 1. The molecule has 0 aliphatic carbocycles. The van der Waals surface area contributed by atoms with Crippen LogP contribution < -0.4 is 5.73 Å². The second-order valence-corrected chi connectivity index (χ2v) is 8.74. The number of hydrogen-bond donors (Lipinski definition) is 1. The van der Waals surface area contributed by atoms with E-state index < -0.39 is 23.9 Å². The van der Waals surface area contributed by atoms with E-state index >= 15 is 0 Å². The van der Waals surface area contributed by atoms with Gasteiger partial charge in [0.25, 0.3) is 11.9 Å². The van der Waals surface area contributed by atoms with Crippen molar-refractivity contribution in [2.24, 2.45) is 0 Å². The van der Waals surface area contributed by atoms with Gasteiger partial charge in [-0.1, -0.05) is 17.7 Å². The van der Waals surface area contributed by atoms with Crippen molar-refractivity contribution in [3.05, 3.63) is 57.9 Å². The molecule has 11 heteroatoms. The first-order valence-electron chi connectivity index (χ1n) is 10.6. The summed E-state index contributed by atoms with van der Waals surface area (Å²) in [5, 5.41) is 0.000586. The summed E-state index contributed by atoms with van der Waals surface area (Å²) in [5.41, 5.74) is 8.42. The summed E-state index contributed by atoms with van der Waals surface area (Å²) in [5.74, 6) is -0.253. The van der Waals surface area contributed by atoms with Gasteiger partial charge in [-0.15, -0.1) is 0 Å². The Balaban J connectivity index is 1.39. The zero-order chi connectivity index (χ0) is 24.2. The summed E-state index contributed by atoms with van der Waals surface area (Å²) in [6.07, 6.45) is 0.309. The van der Waals surface area contributed by atoms with Crippen LogP contribution in [0.25, 0.3) is 16.7 Å². The molecular weight excluding hydrogens is 473 g/mol. The number of nitrogens with zero attached hydrogens (tertiary/aromatic N) is 3. The molecule has 0 saturated heterocycles. The molecule has 2 N–H and O–H groups in total. The molecule has 2 aliphatic rings. The number of alkyl halides is 3. The van der Waals surface area contributed by atoms with Gasteiger partial charge in [-0.2, -0.15) is 18.2 Å². The zero-order valence-electron chi connectivity index (χ0n) is 18.0. The van der Waals surface area contributed by atoms with Crippen LogP contribution in [0.5, 0.6) is 0 Å². The molecule has 3 aromatic rings. The summed E-state index contributed by atoms with van der Waals surface area (Å²) in [6.45, 7) is 2.23. The second-order valence-electron chi connectivity index (χ2n) is 8.33. The molecule has 5 rings (SSSR count). The monoisotopic (exact) mass is 492 g/mol. The van der Waals surface area contributed by atoms with Crippen LogP contribution in [0.15, 0.2) is 35.0 Å². The van der Waals surface area contributed by atoms with Crippen LogP contribution in [-0.2, 0) is 22.1 Å². The predicted molar refractivity (Wildman–Crippen MR) is 119 cm³/mol. The zero-order valence-corrected chi connectivity index (χ0v) is 18.8. The van der Waals surface area contributed by atoms with E-state index in [9.17, 15) is 18.0 Å². The van der Waals surface area contributed by atoms with Gasteiger partial charge in [-0.05, 0) is 42.2 Å². The van der Waals surface area contributed by atoms with Crippen molar-refractivity contribution in [1.29, 1.82) is 0 Å². The van der Waals surface area contributed by atoms with Crippen molar-refractivity contribution in [1.82, 2.24) is 14.9 Å². The fourth-order valence-corrected chi connectivity index (χ4v) is 5.07. The number of anilines is 1. The number of carbonyl (C=O) groups is 1. The van der Waals surface area contributed by atoms with Crippen LogP contribution in [0.2, 0.25) is 5.02 Å². The highest BCUT2D eigenvalue weighted by atomic mass is 35.5. The Morgan fingerprint density at radius 3 is 2.85 bits per heavy atom. The molecule has 2 aliphatic heterocycles. The minimum absolute atomic E-state index is 0.000586. The van der Waals surface area contributed by atoms with Crippen molar-refractivity contribution in [3.63, 3.8) is 0 Å². The van der Waals surface area contributed by atoms with Crippen LogP contribution in [0, 0.1) is 0 Å². The van der Waals surface area contributed by atoms with E-state index in [1.165, 1.54) is 0 Å². The highest BCUT2D eigenvalue weighted by Gasteiger charge is 2.38. The first-order chi connectivity index (χ1) is 16.1. The SMILES string of the molecule is C[C@H]1c2c(Cl)cc(C(F)(F)F)cc2CCN1C(=O)[C@H]1CC(c2cncc3nc(N)oc23)=CCO1. The molecule has 2 aromatic heterocycles. The molecule has 7 nitrogen and oxygen atoms in total. The van der Waals surface area contributed by atoms with Gasteiger partial charge < -0.3 is 19.8 Å². The molecular formula is C23H20ClF3N4O3. The molecule has 178 valence electrons. The van der Waals surface area contributed by atoms with E-state index in [0.717, 1.165) is 17.7 Å². The minimum atomic E-state index is -4.49. The van der Waals surface area contributed by atoms with E-state index in [1.807, 2.05) is 6.08 Å². The number of amides is 1. The molecule has 2 atom stereocenters. The van der Waals surface area contributed by atoms with E-state index in [-0.39, 0.29) is 42.9 Å². The lowest BCUT2D eigenvalue weighted by atomic mass is 9.90. The molecule has 0 radical (unpaired) electrons. The number of benzene rings is 1. The Morgan fingerprint density at radius 1 is 1.29 bits per heavy atom. The Bertz CT molecular complexity index is 1320. The van der Waals surface area contributed by atoms with Gasteiger partial charge in [0.1, 0.15) is 11.6 Å².